The van der Waals surface area contributed by atoms with Crippen molar-refractivity contribution >= 4 is 0 Å². The molecule has 0 radical (unpaired) electrons. The molecule has 1 aliphatic heterocycles. The molecule has 1 saturated heterocycles. The lowest BCUT2D eigenvalue weighted by Crippen LogP contribution is -2.54. The third-order valence-electron chi connectivity index (χ3n) is 5.86. The molecule has 2 bridgehead atoms. The molecule has 122 valence electrons. The number of aromatic hydroxyl groups is 1. The Morgan fingerprint density at radius 2 is 2.04 bits per heavy atom. The number of benzene rings is 1. The zero-order chi connectivity index (χ0) is 16.2. The number of hydrogen-bond acceptors (Lipinski definition) is 4. The van der Waals surface area contributed by atoms with Gasteiger partial charge in [-0.25, -0.2) is 0 Å². The number of phenolic OH excluding ortho intramolecular Hbond substituents is 1. The fourth-order valence-corrected chi connectivity index (χ4v) is 4.68. The molecule has 1 aromatic rings. The molecular weight excluding hydrogens is 290 g/mol. The Morgan fingerprint density at radius 1 is 1.22 bits per heavy atom. The van der Waals surface area contributed by atoms with E-state index in [0.717, 1.165) is 37.1 Å². The maximum Gasteiger partial charge on any atom is 0.162 e. The first kappa shape index (κ1) is 14.6. The van der Waals surface area contributed by atoms with Gasteiger partial charge in [0.1, 0.15) is 0 Å². The highest BCUT2D eigenvalue weighted by Crippen LogP contribution is 2.57. The number of likely N-dealkylation sites (tertiary alicyclic amines) is 1. The third-order valence-corrected chi connectivity index (χ3v) is 5.86. The summed E-state index contributed by atoms with van der Waals surface area (Å²) in [5.41, 5.74) is 3.52. The molecule has 4 rings (SSSR count). The minimum atomic E-state index is -0.163. The van der Waals surface area contributed by atoms with Gasteiger partial charge in [-0.15, -0.1) is 0 Å². The lowest BCUT2D eigenvalue weighted by molar-refractivity contribution is 0.146. The molecule has 0 aromatic heterocycles. The van der Waals surface area contributed by atoms with Crippen molar-refractivity contribution in [3.05, 3.63) is 46.7 Å². The van der Waals surface area contributed by atoms with Crippen LogP contribution in [0.2, 0.25) is 0 Å². The summed E-state index contributed by atoms with van der Waals surface area (Å²) in [5.74, 6) is 1.84. The summed E-state index contributed by atoms with van der Waals surface area (Å²) < 4.78 is 10.9. The Morgan fingerprint density at radius 3 is 2.78 bits per heavy atom. The van der Waals surface area contributed by atoms with E-state index in [1.807, 2.05) is 6.07 Å². The average molecular weight is 313 g/mol. The molecule has 0 amide bonds. The third kappa shape index (κ3) is 1.88. The highest BCUT2D eigenvalue weighted by atomic mass is 16.5. The van der Waals surface area contributed by atoms with Crippen LogP contribution in [0.1, 0.15) is 24.0 Å². The van der Waals surface area contributed by atoms with Crippen LogP contribution in [0.5, 0.6) is 11.5 Å². The highest BCUT2D eigenvalue weighted by molar-refractivity contribution is 5.62. The van der Waals surface area contributed by atoms with Crippen molar-refractivity contribution in [3.8, 4) is 11.5 Å². The van der Waals surface area contributed by atoms with Crippen molar-refractivity contribution in [2.75, 3.05) is 27.8 Å². The standard InChI is InChI=1S/C19H23NO3/c1-20-9-8-19-11-13(22-2)5-6-14(19)15(20)10-12-4-7-16(23-3)18(21)17(12)19/h4-7,15,21H,8-11H2,1-3H3/t15?,19-/m0/s1. The number of methoxy groups -OCH3 is 2. The molecule has 1 unspecified atom stereocenters. The Balaban J connectivity index is 1.98. The zero-order valence-corrected chi connectivity index (χ0v) is 13.9. The second-order valence-electron chi connectivity index (χ2n) is 6.82. The first-order valence-electron chi connectivity index (χ1n) is 8.15. The summed E-state index contributed by atoms with van der Waals surface area (Å²) in [7, 11) is 5.53. The number of likely N-dealkylation sites (N-methyl/N-ethyl adjacent to an activating group) is 1. The Kier molecular flexibility index (Phi) is 3.20. The zero-order valence-electron chi connectivity index (χ0n) is 13.9. The number of fused-ring (bicyclic) bond motifs is 1. The highest BCUT2D eigenvalue weighted by Gasteiger charge is 2.51. The predicted octanol–water partition coefficient (Wildman–Crippen LogP) is 2.76. The van der Waals surface area contributed by atoms with E-state index >= 15 is 0 Å². The van der Waals surface area contributed by atoms with Crippen molar-refractivity contribution in [1.82, 2.24) is 4.90 Å². The van der Waals surface area contributed by atoms with Gasteiger partial charge in [0.05, 0.1) is 20.0 Å². The number of ether oxygens (including phenoxy) is 2. The van der Waals surface area contributed by atoms with Crippen LogP contribution in [-0.2, 0) is 16.6 Å². The van der Waals surface area contributed by atoms with Crippen molar-refractivity contribution < 1.29 is 14.6 Å². The molecular formula is C19H23NO3. The number of phenols is 1. The maximum absolute atomic E-state index is 10.9. The number of hydrogen-bond donors (Lipinski definition) is 1. The van der Waals surface area contributed by atoms with Gasteiger partial charge in [-0.05, 0) is 49.7 Å². The van der Waals surface area contributed by atoms with Crippen LogP contribution < -0.4 is 4.74 Å². The minimum absolute atomic E-state index is 0.163. The average Bonchev–Trinajstić information content (AvgIpc) is 2.57. The van der Waals surface area contributed by atoms with Crippen molar-refractivity contribution in [3.63, 3.8) is 0 Å². The van der Waals surface area contributed by atoms with Gasteiger partial charge in [-0.2, -0.15) is 0 Å². The SMILES string of the molecule is COC1=CC=C2C3Cc4ccc(OC)c(O)c4[C@@]2(CCN3C)C1. The number of rotatable bonds is 2. The van der Waals surface area contributed by atoms with E-state index in [1.54, 1.807) is 14.2 Å². The van der Waals surface area contributed by atoms with Gasteiger partial charge in [-0.1, -0.05) is 12.1 Å². The van der Waals surface area contributed by atoms with Gasteiger partial charge in [0, 0.05) is 23.4 Å². The number of piperidine rings is 1. The number of nitrogens with zero attached hydrogens (tertiary/aromatic N) is 1. The summed E-state index contributed by atoms with van der Waals surface area (Å²) in [4.78, 5) is 2.43. The first-order chi connectivity index (χ1) is 11.1. The molecule has 1 heterocycles. The normalized spacial score (nSPS) is 29.1. The van der Waals surface area contributed by atoms with Gasteiger partial charge in [0.25, 0.3) is 0 Å². The van der Waals surface area contributed by atoms with Crippen LogP contribution in [0.3, 0.4) is 0 Å². The lowest BCUT2D eigenvalue weighted by Gasteiger charge is -2.53. The molecule has 2 atom stereocenters. The predicted molar refractivity (Wildman–Crippen MR) is 88.9 cm³/mol. The summed E-state index contributed by atoms with van der Waals surface area (Å²) in [6.45, 7) is 1.02. The van der Waals surface area contributed by atoms with Crippen LogP contribution in [0.15, 0.2) is 35.6 Å². The Hall–Kier alpha value is -1.94. The summed E-state index contributed by atoms with van der Waals surface area (Å²) in [5, 5.41) is 10.9. The molecule has 0 spiro atoms. The first-order valence-corrected chi connectivity index (χ1v) is 8.15. The van der Waals surface area contributed by atoms with Crippen molar-refractivity contribution in [2.45, 2.75) is 30.7 Å². The summed E-state index contributed by atoms with van der Waals surface area (Å²) in [6.07, 6.45) is 7.03. The topological polar surface area (TPSA) is 41.9 Å². The molecule has 4 nitrogen and oxygen atoms in total. The summed E-state index contributed by atoms with van der Waals surface area (Å²) >= 11 is 0. The fourth-order valence-electron chi connectivity index (χ4n) is 4.68. The van der Waals surface area contributed by atoms with Crippen LogP contribution in [0.25, 0.3) is 0 Å². The largest absolute Gasteiger partial charge is 0.504 e. The van der Waals surface area contributed by atoms with E-state index in [-0.39, 0.29) is 5.41 Å². The second-order valence-corrected chi connectivity index (χ2v) is 6.82. The van der Waals surface area contributed by atoms with Crippen LogP contribution >= 0.6 is 0 Å². The second kappa shape index (κ2) is 5.03. The van der Waals surface area contributed by atoms with E-state index in [9.17, 15) is 5.11 Å². The molecule has 2 aliphatic carbocycles. The smallest absolute Gasteiger partial charge is 0.162 e. The molecule has 1 N–H and O–H groups in total. The molecule has 1 aromatic carbocycles. The van der Waals surface area contributed by atoms with Crippen LogP contribution in [-0.4, -0.2) is 43.9 Å². The fraction of sp³-hybridized carbons (Fsp3) is 0.474. The number of allylic oxidation sites excluding steroid dienone is 3. The lowest BCUT2D eigenvalue weighted by atomic mass is 9.57. The molecule has 1 fully saturated rings. The van der Waals surface area contributed by atoms with Crippen LogP contribution in [0.4, 0.5) is 0 Å². The quantitative estimate of drug-likeness (QED) is 0.911. The molecule has 23 heavy (non-hydrogen) atoms. The van der Waals surface area contributed by atoms with E-state index < -0.39 is 0 Å². The maximum atomic E-state index is 10.9. The minimum Gasteiger partial charge on any atom is -0.504 e. The van der Waals surface area contributed by atoms with Gasteiger partial charge >= 0.3 is 0 Å². The van der Waals surface area contributed by atoms with Gasteiger partial charge in [0.2, 0.25) is 0 Å². The van der Waals surface area contributed by atoms with Crippen molar-refractivity contribution in [2.24, 2.45) is 0 Å². The Bertz CT molecular complexity index is 722. The van der Waals surface area contributed by atoms with Gasteiger partial charge in [0.15, 0.2) is 11.5 Å². The molecule has 4 heteroatoms. The van der Waals surface area contributed by atoms with E-state index in [2.05, 4.69) is 30.2 Å². The van der Waals surface area contributed by atoms with E-state index in [0.29, 0.717) is 17.5 Å². The monoisotopic (exact) mass is 313 g/mol. The molecule has 0 saturated carbocycles. The summed E-state index contributed by atoms with van der Waals surface area (Å²) in [6, 6.07) is 4.40. The Labute approximate surface area is 137 Å². The van der Waals surface area contributed by atoms with Crippen LogP contribution in [0, 0.1) is 0 Å². The van der Waals surface area contributed by atoms with Crippen molar-refractivity contribution in [1.29, 1.82) is 0 Å². The van der Waals surface area contributed by atoms with Gasteiger partial charge in [-0.3, -0.25) is 4.90 Å². The van der Waals surface area contributed by atoms with E-state index in [1.165, 1.54) is 11.1 Å². The van der Waals surface area contributed by atoms with Gasteiger partial charge < -0.3 is 14.6 Å². The molecule has 3 aliphatic rings. The van der Waals surface area contributed by atoms with E-state index in [4.69, 9.17) is 9.47 Å².